The lowest BCUT2D eigenvalue weighted by Gasteiger charge is -2.21. The first-order chi connectivity index (χ1) is 21.6. The van der Waals surface area contributed by atoms with Gasteiger partial charge in [0, 0.05) is 24.2 Å². The summed E-state index contributed by atoms with van der Waals surface area (Å²) < 4.78 is 10.7. The lowest BCUT2D eigenvalue weighted by Crippen LogP contribution is -2.30. The van der Waals surface area contributed by atoms with E-state index in [0.29, 0.717) is 24.6 Å². The van der Waals surface area contributed by atoms with Crippen LogP contribution in [-0.4, -0.2) is 54.6 Å². The fourth-order valence-electron chi connectivity index (χ4n) is 6.35. The number of carbonyl (C=O) groups is 2. The molecule has 2 atom stereocenters. The second-order valence-corrected chi connectivity index (χ2v) is 11.2. The van der Waals surface area contributed by atoms with Crippen molar-refractivity contribution in [2.75, 3.05) is 13.1 Å². The van der Waals surface area contributed by atoms with Gasteiger partial charge in [-0.2, -0.15) is 0 Å². The predicted molar refractivity (Wildman–Crippen MR) is 162 cm³/mol. The Morgan fingerprint density at radius 1 is 0.705 bits per heavy atom. The molecule has 0 spiro atoms. The van der Waals surface area contributed by atoms with Crippen LogP contribution in [0.4, 0.5) is 0 Å². The molecular formula is C34H28N6O4. The molecule has 2 N–H and O–H groups in total. The zero-order valence-electron chi connectivity index (χ0n) is 23.7. The number of carbonyl (C=O) groups excluding carboxylic acids is 2. The van der Waals surface area contributed by atoms with Crippen LogP contribution in [0.2, 0.25) is 0 Å². The van der Waals surface area contributed by atoms with E-state index in [1.807, 2.05) is 46.2 Å². The third-order valence-corrected chi connectivity index (χ3v) is 8.47. The number of furan rings is 2. The number of fused-ring (bicyclic) bond motifs is 2. The van der Waals surface area contributed by atoms with E-state index in [1.54, 1.807) is 24.3 Å². The lowest BCUT2D eigenvalue weighted by atomic mass is 10.1. The largest absolute Gasteiger partial charge is 0.459 e. The van der Waals surface area contributed by atoms with Gasteiger partial charge in [0.2, 0.25) is 0 Å². The average Bonchev–Trinajstić information content (AvgIpc) is 3.89. The molecule has 8 rings (SSSR count). The van der Waals surface area contributed by atoms with Crippen LogP contribution in [0.1, 0.15) is 81.7 Å². The van der Waals surface area contributed by atoms with Crippen molar-refractivity contribution in [2.24, 2.45) is 0 Å². The Labute approximate surface area is 252 Å². The van der Waals surface area contributed by atoms with Gasteiger partial charge in [-0.3, -0.25) is 9.59 Å². The van der Waals surface area contributed by atoms with E-state index in [-0.39, 0.29) is 23.9 Å². The van der Waals surface area contributed by atoms with Gasteiger partial charge in [0.15, 0.2) is 11.5 Å². The second-order valence-electron chi connectivity index (χ2n) is 11.2. The van der Waals surface area contributed by atoms with Gasteiger partial charge >= 0.3 is 0 Å². The van der Waals surface area contributed by atoms with Gasteiger partial charge < -0.3 is 28.6 Å². The van der Waals surface area contributed by atoms with Crippen LogP contribution < -0.4 is 0 Å². The molecule has 4 aromatic heterocycles. The number of rotatable bonds is 4. The van der Waals surface area contributed by atoms with Crippen molar-refractivity contribution in [3.8, 4) is 11.8 Å². The number of benzene rings is 2. The van der Waals surface area contributed by atoms with Crippen LogP contribution in [0.5, 0.6) is 0 Å². The molecule has 6 heterocycles. The van der Waals surface area contributed by atoms with Gasteiger partial charge in [-0.25, -0.2) is 9.97 Å². The van der Waals surface area contributed by atoms with Crippen LogP contribution in [0.25, 0.3) is 22.1 Å². The molecule has 0 radical (unpaired) electrons. The fourth-order valence-corrected chi connectivity index (χ4v) is 6.35. The number of H-pyrrole nitrogens is 2. The van der Waals surface area contributed by atoms with Gasteiger partial charge in [0.25, 0.3) is 11.8 Å². The predicted octanol–water partition coefficient (Wildman–Crippen LogP) is 5.98. The summed E-state index contributed by atoms with van der Waals surface area (Å²) in [6.07, 6.45) is 6.54. The van der Waals surface area contributed by atoms with E-state index in [2.05, 4.69) is 21.8 Å². The maximum Gasteiger partial charge on any atom is 0.290 e. The Morgan fingerprint density at radius 3 is 1.61 bits per heavy atom. The summed E-state index contributed by atoms with van der Waals surface area (Å²) >= 11 is 0. The summed E-state index contributed by atoms with van der Waals surface area (Å²) in [5.41, 5.74) is 5.13. The van der Waals surface area contributed by atoms with Gasteiger partial charge in [-0.1, -0.05) is 11.8 Å². The minimum Gasteiger partial charge on any atom is -0.459 e. The minimum atomic E-state index is -0.125. The lowest BCUT2D eigenvalue weighted by molar-refractivity contribution is 0.0691. The normalized spacial score (nSPS) is 18.3. The highest BCUT2D eigenvalue weighted by molar-refractivity contribution is 5.92. The van der Waals surface area contributed by atoms with E-state index >= 15 is 0 Å². The molecule has 218 valence electrons. The molecule has 0 bridgehead atoms. The van der Waals surface area contributed by atoms with E-state index in [0.717, 1.165) is 70.5 Å². The topological polar surface area (TPSA) is 124 Å². The molecule has 0 unspecified atom stereocenters. The summed E-state index contributed by atoms with van der Waals surface area (Å²) in [6, 6.07) is 18.4. The maximum absolute atomic E-state index is 13.0. The van der Waals surface area contributed by atoms with E-state index in [1.165, 1.54) is 12.5 Å². The van der Waals surface area contributed by atoms with Gasteiger partial charge in [-0.15, -0.1) is 0 Å². The Balaban J connectivity index is 1.01. The number of hydrogen-bond acceptors (Lipinski definition) is 6. The highest BCUT2D eigenvalue weighted by Gasteiger charge is 2.35. The zero-order valence-corrected chi connectivity index (χ0v) is 23.7. The Hall–Kier alpha value is -5.56. The Kier molecular flexibility index (Phi) is 6.30. The SMILES string of the molecule is O=C(c1ccco1)N1CCC[C@H]1c1nc2ccc(C#Cc3ccc4nc([C@@H]5CCCN5C(=O)c5ccco5)[nH]c4c3)cc2[nH]1. The molecule has 2 saturated heterocycles. The molecule has 2 fully saturated rings. The van der Waals surface area contributed by atoms with Gasteiger partial charge in [-0.05, 0) is 86.3 Å². The summed E-state index contributed by atoms with van der Waals surface area (Å²) in [7, 11) is 0. The smallest absolute Gasteiger partial charge is 0.290 e. The van der Waals surface area contributed by atoms with Crippen LogP contribution in [-0.2, 0) is 0 Å². The number of likely N-dealkylation sites (tertiary alicyclic amines) is 2. The standard InChI is InChI=1S/C34H28N6O4/c41-33(29-7-3-17-43-29)39-15-1-5-27(39)31-35-23-13-11-21(19-25(23)37-31)9-10-22-12-14-24-26(20-22)38-32(36-24)28-6-2-16-40(28)34(42)30-8-4-18-44-30/h3-4,7-8,11-14,17-20,27-28H,1-2,5-6,15-16H2,(H,35,37)(H,36,38)/t27-,28-/m0/s1. The maximum atomic E-state index is 13.0. The zero-order chi connectivity index (χ0) is 29.6. The molecule has 6 aromatic rings. The third kappa shape index (κ3) is 4.63. The number of imidazole rings is 2. The highest BCUT2D eigenvalue weighted by Crippen LogP contribution is 2.34. The highest BCUT2D eigenvalue weighted by atomic mass is 16.3. The number of hydrogen-bond donors (Lipinski definition) is 2. The number of nitrogens with one attached hydrogen (secondary N) is 2. The summed E-state index contributed by atoms with van der Waals surface area (Å²) in [4.78, 5) is 46.0. The summed E-state index contributed by atoms with van der Waals surface area (Å²) in [5, 5.41) is 0. The van der Waals surface area contributed by atoms with Crippen LogP contribution in [0.15, 0.2) is 82.0 Å². The van der Waals surface area contributed by atoms with E-state index in [4.69, 9.17) is 18.8 Å². The van der Waals surface area contributed by atoms with Crippen LogP contribution >= 0.6 is 0 Å². The van der Waals surface area contributed by atoms with Crippen molar-refractivity contribution in [3.05, 3.63) is 107 Å². The molecule has 0 saturated carbocycles. The first-order valence-electron chi connectivity index (χ1n) is 14.8. The summed E-state index contributed by atoms with van der Waals surface area (Å²) in [6.45, 7) is 1.34. The molecule has 44 heavy (non-hydrogen) atoms. The quantitative estimate of drug-likeness (QED) is 0.246. The molecule has 2 aliphatic rings. The monoisotopic (exact) mass is 584 g/mol. The molecule has 2 amide bonds. The molecule has 10 heteroatoms. The number of aromatic amines is 2. The van der Waals surface area contributed by atoms with Crippen molar-refractivity contribution < 1.29 is 18.4 Å². The summed E-state index contributed by atoms with van der Waals surface area (Å²) in [5.74, 6) is 8.54. The van der Waals surface area contributed by atoms with Crippen LogP contribution in [0.3, 0.4) is 0 Å². The molecule has 2 aromatic carbocycles. The third-order valence-electron chi connectivity index (χ3n) is 8.47. The van der Waals surface area contributed by atoms with Crippen molar-refractivity contribution in [2.45, 2.75) is 37.8 Å². The van der Waals surface area contributed by atoms with Crippen molar-refractivity contribution >= 4 is 33.9 Å². The van der Waals surface area contributed by atoms with Crippen molar-refractivity contribution in [1.82, 2.24) is 29.7 Å². The minimum absolute atomic E-state index is 0.117. The Bertz CT molecular complexity index is 1910. The average molecular weight is 585 g/mol. The first kappa shape index (κ1) is 26.1. The number of aromatic nitrogens is 4. The van der Waals surface area contributed by atoms with Gasteiger partial charge in [0.1, 0.15) is 11.6 Å². The molecule has 2 aliphatic heterocycles. The van der Waals surface area contributed by atoms with Gasteiger partial charge in [0.05, 0.1) is 46.7 Å². The number of amides is 2. The Morgan fingerprint density at radius 2 is 1.18 bits per heavy atom. The first-order valence-corrected chi connectivity index (χ1v) is 14.8. The van der Waals surface area contributed by atoms with Crippen LogP contribution in [0, 0.1) is 11.8 Å². The fraction of sp³-hybridized carbons (Fsp3) is 0.235. The van der Waals surface area contributed by atoms with Crippen molar-refractivity contribution in [3.63, 3.8) is 0 Å². The van der Waals surface area contributed by atoms with E-state index in [9.17, 15) is 9.59 Å². The van der Waals surface area contributed by atoms with Crippen molar-refractivity contribution in [1.29, 1.82) is 0 Å². The molecule has 0 aliphatic carbocycles. The van der Waals surface area contributed by atoms with E-state index < -0.39 is 0 Å². The second kappa shape index (κ2) is 10.6. The molecule has 10 nitrogen and oxygen atoms in total. The number of nitrogens with zero attached hydrogens (tertiary/aromatic N) is 4. The molecular weight excluding hydrogens is 556 g/mol.